The van der Waals surface area contributed by atoms with Gasteiger partial charge in [-0.3, -0.25) is 0 Å². The average Bonchev–Trinajstić information content (AvgIpc) is 3.27. The molecular weight excluding hydrogens is 821 g/mol. The van der Waals surface area contributed by atoms with E-state index in [1.54, 1.807) is 24.3 Å². The summed E-state index contributed by atoms with van der Waals surface area (Å²) in [5, 5.41) is 11.2. The Bertz CT molecular complexity index is 1540. The van der Waals surface area contributed by atoms with Gasteiger partial charge in [0, 0.05) is 23.2 Å². The first-order valence-corrected chi connectivity index (χ1v) is 13.3. The Labute approximate surface area is 269 Å². The minimum Gasteiger partial charge on any atom is -0.246 e. The van der Waals surface area contributed by atoms with Crippen molar-refractivity contribution in [1.29, 1.82) is 0 Å². The molecule has 0 aliphatic rings. The van der Waals surface area contributed by atoms with Gasteiger partial charge in [0.25, 0.3) is 0 Å². The Kier molecular flexibility index (Phi) is 14.9. The summed E-state index contributed by atoms with van der Waals surface area (Å²) < 4.78 is 64.0. The summed E-state index contributed by atoms with van der Waals surface area (Å²) in [5.41, 5.74) is 1.48. The van der Waals surface area contributed by atoms with Gasteiger partial charge in [0.1, 0.15) is 5.00 Å². The molecular formula is C23H27Br4F3N4O3S2. The molecule has 4 aromatic rings. The van der Waals surface area contributed by atoms with E-state index in [0.29, 0.717) is 22.0 Å². The van der Waals surface area contributed by atoms with Crippen LogP contribution in [0.4, 0.5) is 13.2 Å². The quantitative estimate of drug-likeness (QED) is 0.192. The minimum atomic E-state index is -4.25. The third-order valence-corrected chi connectivity index (χ3v) is 7.51. The lowest BCUT2D eigenvalue weighted by Crippen LogP contribution is -2.24. The van der Waals surface area contributed by atoms with Gasteiger partial charge in [-0.2, -0.15) is 13.2 Å². The number of unbranched alkanes of at least 4 members (excludes halogenated alkanes) is 1. The zero-order valence-corrected chi connectivity index (χ0v) is 28.9. The summed E-state index contributed by atoms with van der Waals surface area (Å²) in [6, 6.07) is 14.2. The van der Waals surface area contributed by atoms with E-state index in [1.807, 2.05) is 31.2 Å². The predicted molar refractivity (Wildman–Crippen MR) is 171 cm³/mol. The van der Waals surface area contributed by atoms with Crippen LogP contribution in [-0.2, 0) is 22.3 Å². The number of nitrogens with zero attached hydrogens (tertiary/aromatic N) is 3. The molecule has 0 bridgehead atoms. The van der Waals surface area contributed by atoms with E-state index < -0.39 is 28.3 Å². The van der Waals surface area contributed by atoms with Crippen LogP contribution in [0.2, 0.25) is 0 Å². The number of nitrogens with two attached hydrogens (primary N) is 1. The van der Waals surface area contributed by atoms with Crippen molar-refractivity contribution in [3.63, 3.8) is 0 Å². The smallest absolute Gasteiger partial charge is 0.246 e. The van der Waals surface area contributed by atoms with E-state index in [-0.39, 0.29) is 93.1 Å². The van der Waals surface area contributed by atoms with Crippen molar-refractivity contribution in [2.75, 3.05) is 0 Å². The van der Waals surface area contributed by atoms with E-state index in [0.717, 1.165) is 15.6 Å². The summed E-state index contributed by atoms with van der Waals surface area (Å²) in [5.74, 6) is -0.00832. The molecule has 0 saturated heterocycles. The summed E-state index contributed by atoms with van der Waals surface area (Å²) >= 11 is 1.42. The molecule has 0 radical (unpaired) electrons. The molecule has 218 valence electrons. The molecule has 2 heterocycles. The number of sulfonamides is 1. The van der Waals surface area contributed by atoms with Crippen LogP contribution in [0, 0.1) is 6.92 Å². The maximum absolute atomic E-state index is 13.4. The highest BCUT2D eigenvalue weighted by atomic mass is 79.9. The third-order valence-electron chi connectivity index (χ3n) is 5.52. The van der Waals surface area contributed by atoms with Gasteiger partial charge in [0.05, 0.1) is 5.75 Å². The molecule has 0 spiro atoms. The van der Waals surface area contributed by atoms with Crippen LogP contribution in [0.1, 0.15) is 30.4 Å². The fourth-order valence-corrected chi connectivity index (χ4v) is 5.73. The Balaban J connectivity index is 0.00000361. The van der Waals surface area contributed by atoms with Crippen LogP contribution in [0.25, 0.3) is 26.5 Å². The van der Waals surface area contributed by atoms with Crippen molar-refractivity contribution < 1.29 is 21.6 Å². The predicted octanol–water partition coefficient (Wildman–Crippen LogP) is 7.06. The summed E-state index contributed by atoms with van der Waals surface area (Å²) in [6.45, 7) is 1.95. The monoisotopic (exact) mass is 844 g/mol. The molecule has 2 aromatic carbocycles. The number of alkyl halides is 3. The molecule has 4 rings (SSSR count). The molecule has 0 fully saturated rings. The molecule has 2 aromatic heterocycles. The Morgan fingerprint density at radius 2 is 1.59 bits per heavy atom. The van der Waals surface area contributed by atoms with Crippen LogP contribution in [-0.4, -0.2) is 28.9 Å². The lowest BCUT2D eigenvalue weighted by Gasteiger charge is -2.06. The van der Waals surface area contributed by atoms with Crippen LogP contribution < -0.4 is 10.8 Å². The second-order valence-electron chi connectivity index (χ2n) is 8.27. The van der Waals surface area contributed by atoms with Gasteiger partial charge in [-0.15, -0.1) is 84.4 Å². The van der Waals surface area contributed by atoms with Crippen molar-refractivity contribution in [2.24, 2.45) is 5.14 Å². The molecule has 0 saturated carbocycles. The molecule has 39 heavy (non-hydrogen) atoms. The topological polar surface area (TPSA) is 100.0 Å². The van der Waals surface area contributed by atoms with Crippen molar-refractivity contribution >= 4 is 99.4 Å². The lowest BCUT2D eigenvalue weighted by molar-refractivity contribution is -0.135. The fourth-order valence-electron chi connectivity index (χ4n) is 3.87. The maximum Gasteiger partial charge on any atom is 0.389 e. The summed E-state index contributed by atoms with van der Waals surface area (Å²) in [4.78, 5) is 13.4. The number of aryl methyl sites for hydroxylation is 2. The number of hydrogen-bond donors (Lipinski definition) is 1. The fraction of sp³-hybridized carbons (Fsp3) is 0.304. The Morgan fingerprint density at radius 1 is 0.974 bits per heavy atom. The largest absolute Gasteiger partial charge is 0.389 e. The summed E-state index contributed by atoms with van der Waals surface area (Å²) in [6.07, 6.45) is -5.13. The number of thiophene rings is 1. The van der Waals surface area contributed by atoms with E-state index >= 15 is 0 Å². The SMILES string of the molecule is Br.Br.Br.Br.Cc1c(-n2c(-c3ccc(CS(N)(=O)=O)cc3)nn(CCCCC(F)(F)F)c2=O)sc2ccccc12. The molecule has 0 amide bonds. The highest BCUT2D eigenvalue weighted by Crippen LogP contribution is 2.35. The van der Waals surface area contributed by atoms with Crippen molar-refractivity contribution in [1.82, 2.24) is 14.3 Å². The van der Waals surface area contributed by atoms with Crippen LogP contribution in [0.15, 0.2) is 53.3 Å². The van der Waals surface area contributed by atoms with E-state index in [1.165, 1.54) is 20.6 Å². The van der Waals surface area contributed by atoms with E-state index in [2.05, 4.69) is 5.10 Å². The maximum atomic E-state index is 13.4. The van der Waals surface area contributed by atoms with Crippen LogP contribution in [0.5, 0.6) is 0 Å². The van der Waals surface area contributed by atoms with Gasteiger partial charge in [-0.1, -0.05) is 42.5 Å². The van der Waals surface area contributed by atoms with E-state index in [4.69, 9.17) is 5.14 Å². The van der Waals surface area contributed by atoms with Gasteiger partial charge in [-0.25, -0.2) is 27.6 Å². The third kappa shape index (κ3) is 9.50. The molecule has 0 aliphatic heterocycles. The molecule has 0 aliphatic carbocycles. The zero-order chi connectivity index (χ0) is 25.4. The van der Waals surface area contributed by atoms with Gasteiger partial charge >= 0.3 is 11.9 Å². The number of benzene rings is 2. The van der Waals surface area contributed by atoms with Gasteiger partial charge < -0.3 is 0 Å². The van der Waals surface area contributed by atoms with Gasteiger partial charge in [0.2, 0.25) is 10.0 Å². The second-order valence-corrected chi connectivity index (χ2v) is 10.9. The molecule has 2 N–H and O–H groups in total. The van der Waals surface area contributed by atoms with E-state index in [9.17, 15) is 26.4 Å². The van der Waals surface area contributed by atoms with Gasteiger partial charge in [-0.05, 0) is 42.3 Å². The highest BCUT2D eigenvalue weighted by molar-refractivity contribution is 8.93. The first-order valence-electron chi connectivity index (χ1n) is 10.8. The number of halogens is 7. The number of rotatable bonds is 8. The van der Waals surface area contributed by atoms with Crippen molar-refractivity contribution in [3.05, 3.63) is 70.1 Å². The second kappa shape index (κ2) is 15.3. The average molecular weight is 848 g/mol. The van der Waals surface area contributed by atoms with Crippen molar-refractivity contribution in [2.45, 2.75) is 44.7 Å². The number of fused-ring (bicyclic) bond motifs is 1. The molecule has 16 heteroatoms. The summed E-state index contributed by atoms with van der Waals surface area (Å²) in [7, 11) is -3.71. The lowest BCUT2D eigenvalue weighted by atomic mass is 10.1. The Hall–Kier alpha value is -1.04. The van der Waals surface area contributed by atoms with Crippen LogP contribution >= 0.6 is 79.3 Å². The minimum absolute atomic E-state index is 0. The first-order chi connectivity index (χ1) is 16.4. The van der Waals surface area contributed by atoms with Gasteiger partial charge in [0.15, 0.2) is 5.82 Å². The molecule has 7 nitrogen and oxygen atoms in total. The van der Waals surface area contributed by atoms with Crippen molar-refractivity contribution in [3.8, 4) is 16.4 Å². The Morgan fingerprint density at radius 3 is 2.15 bits per heavy atom. The zero-order valence-electron chi connectivity index (χ0n) is 20.4. The van der Waals surface area contributed by atoms with Crippen LogP contribution in [0.3, 0.4) is 0 Å². The highest BCUT2D eigenvalue weighted by Gasteiger charge is 2.26. The first kappa shape index (κ1) is 38.0. The number of aromatic nitrogens is 3. The number of hydrogen-bond acceptors (Lipinski definition) is 5. The standard InChI is InChI=1S/C23H23F3N4O3S2.4BrH/c1-15-18-6-2-3-7-19(18)34-21(15)30-20(17-10-8-16(9-11-17)14-35(27,32)33)28-29(22(30)31)13-5-4-12-23(24,25)26;;;;/h2-3,6-11H,4-5,12-14H2,1H3,(H2,27,32,33);4*1H. The normalized spacial score (nSPS) is 11.2. The number of primary sulfonamides is 1. The molecule has 0 unspecified atom stereocenters. The molecule has 0 atom stereocenters.